The number of amides is 1. The van der Waals surface area contributed by atoms with Crippen LogP contribution in [0.3, 0.4) is 0 Å². The van der Waals surface area contributed by atoms with Crippen LogP contribution in [-0.2, 0) is 0 Å². The summed E-state index contributed by atoms with van der Waals surface area (Å²) in [6.45, 7) is 1.83. The maximum Gasteiger partial charge on any atom is 0.256 e. The lowest BCUT2D eigenvalue weighted by atomic mass is 10.1. The fourth-order valence-electron chi connectivity index (χ4n) is 1.38. The molecule has 4 nitrogen and oxygen atoms in total. The molecule has 0 unspecified atom stereocenters. The Hall–Kier alpha value is -1.65. The molecule has 0 saturated carbocycles. The van der Waals surface area contributed by atoms with Crippen LogP contribution in [0.15, 0.2) is 30.5 Å². The van der Waals surface area contributed by atoms with Crippen molar-refractivity contribution in [1.29, 1.82) is 0 Å². The van der Waals surface area contributed by atoms with Crippen molar-refractivity contribution in [2.24, 2.45) is 0 Å². The number of aromatic nitrogens is 2. The van der Waals surface area contributed by atoms with E-state index >= 15 is 0 Å². The molecule has 6 heteroatoms. The van der Waals surface area contributed by atoms with Gasteiger partial charge >= 0.3 is 0 Å². The minimum absolute atomic E-state index is 0.0834. The molecule has 0 radical (unpaired) electrons. The summed E-state index contributed by atoms with van der Waals surface area (Å²) in [7, 11) is 0. The van der Waals surface area contributed by atoms with E-state index in [1.54, 1.807) is 24.3 Å². The number of carbonyl (C=O) groups is 1. The number of hydrogen-bond donors (Lipinski definition) is 1. The third kappa shape index (κ3) is 2.97. The van der Waals surface area contributed by atoms with Crippen molar-refractivity contribution in [2.75, 3.05) is 5.32 Å². The third-order valence-corrected chi connectivity index (χ3v) is 2.89. The predicted octanol–water partition coefficient (Wildman–Crippen LogP) is 3.34. The maximum atomic E-state index is 11.9. The van der Waals surface area contributed by atoms with Gasteiger partial charge < -0.3 is 5.32 Å². The Bertz CT molecular complexity index is 602. The number of hydrogen-bond acceptors (Lipinski definition) is 3. The molecule has 0 bridgehead atoms. The number of anilines is 1. The van der Waals surface area contributed by atoms with E-state index in [4.69, 9.17) is 23.2 Å². The summed E-state index contributed by atoms with van der Waals surface area (Å²) in [4.78, 5) is 19.5. The topological polar surface area (TPSA) is 54.9 Å². The molecule has 1 aromatic heterocycles. The average molecular weight is 282 g/mol. The van der Waals surface area contributed by atoms with Crippen molar-refractivity contribution >= 4 is 34.9 Å². The zero-order valence-electron chi connectivity index (χ0n) is 9.45. The van der Waals surface area contributed by atoms with Gasteiger partial charge in [-0.1, -0.05) is 11.6 Å². The van der Waals surface area contributed by atoms with E-state index in [0.29, 0.717) is 16.4 Å². The lowest BCUT2D eigenvalue weighted by Gasteiger charge is -2.05. The Kier molecular flexibility index (Phi) is 3.79. The maximum absolute atomic E-state index is 11.9. The highest BCUT2D eigenvalue weighted by atomic mass is 35.5. The van der Waals surface area contributed by atoms with Gasteiger partial charge in [-0.2, -0.15) is 0 Å². The molecule has 0 spiro atoms. The highest BCUT2D eigenvalue weighted by Gasteiger charge is 2.08. The van der Waals surface area contributed by atoms with Crippen LogP contribution in [0.25, 0.3) is 0 Å². The minimum atomic E-state index is -0.274. The molecule has 0 aliphatic rings. The van der Waals surface area contributed by atoms with Crippen LogP contribution in [0.5, 0.6) is 0 Å². The van der Waals surface area contributed by atoms with Gasteiger partial charge in [-0.15, -0.1) is 0 Å². The SMILES string of the molecule is Cc1cc(C(=O)Nc2ccnc(Cl)n2)ccc1Cl. The minimum Gasteiger partial charge on any atom is -0.306 e. The number of benzene rings is 1. The number of nitrogens with zero attached hydrogens (tertiary/aromatic N) is 2. The summed E-state index contributed by atoms with van der Waals surface area (Å²) in [6.07, 6.45) is 1.47. The molecule has 0 saturated heterocycles. The second-order valence-corrected chi connectivity index (χ2v) is 4.37. The van der Waals surface area contributed by atoms with Crippen LogP contribution >= 0.6 is 23.2 Å². The van der Waals surface area contributed by atoms with Crippen molar-refractivity contribution in [3.8, 4) is 0 Å². The quantitative estimate of drug-likeness (QED) is 0.859. The largest absolute Gasteiger partial charge is 0.306 e. The molecule has 0 atom stereocenters. The smallest absolute Gasteiger partial charge is 0.256 e. The zero-order chi connectivity index (χ0) is 13.1. The van der Waals surface area contributed by atoms with Gasteiger partial charge in [-0.05, 0) is 48.4 Å². The highest BCUT2D eigenvalue weighted by molar-refractivity contribution is 6.31. The zero-order valence-corrected chi connectivity index (χ0v) is 11.0. The molecule has 18 heavy (non-hydrogen) atoms. The lowest BCUT2D eigenvalue weighted by molar-refractivity contribution is 0.102. The lowest BCUT2D eigenvalue weighted by Crippen LogP contribution is -2.13. The summed E-state index contributed by atoms with van der Waals surface area (Å²) >= 11 is 11.5. The number of aryl methyl sites for hydroxylation is 1. The molecule has 1 N–H and O–H groups in total. The fraction of sp³-hybridized carbons (Fsp3) is 0.0833. The van der Waals surface area contributed by atoms with Crippen LogP contribution in [0.4, 0.5) is 5.82 Å². The van der Waals surface area contributed by atoms with Crippen molar-refractivity contribution in [3.63, 3.8) is 0 Å². The van der Waals surface area contributed by atoms with Crippen LogP contribution in [0, 0.1) is 6.92 Å². The molecule has 2 rings (SSSR count). The first-order valence-corrected chi connectivity index (χ1v) is 5.88. The molecule has 1 aromatic carbocycles. The number of halogens is 2. The van der Waals surface area contributed by atoms with Crippen LogP contribution in [-0.4, -0.2) is 15.9 Å². The second-order valence-electron chi connectivity index (χ2n) is 3.63. The monoisotopic (exact) mass is 281 g/mol. The molecule has 0 fully saturated rings. The Morgan fingerprint density at radius 3 is 2.72 bits per heavy atom. The molecule has 92 valence electrons. The Morgan fingerprint density at radius 2 is 2.06 bits per heavy atom. The first kappa shape index (κ1) is 12.8. The van der Waals surface area contributed by atoms with E-state index in [1.807, 2.05) is 6.92 Å². The van der Waals surface area contributed by atoms with Gasteiger partial charge in [0.25, 0.3) is 5.91 Å². The van der Waals surface area contributed by atoms with Gasteiger partial charge in [-0.25, -0.2) is 9.97 Å². The van der Waals surface area contributed by atoms with Crippen LogP contribution < -0.4 is 5.32 Å². The normalized spacial score (nSPS) is 10.2. The first-order chi connectivity index (χ1) is 8.56. The van der Waals surface area contributed by atoms with Gasteiger partial charge in [0, 0.05) is 16.8 Å². The number of carbonyl (C=O) groups excluding carboxylic acids is 1. The standard InChI is InChI=1S/C12H9Cl2N3O/c1-7-6-8(2-3-9(7)13)11(18)16-10-4-5-15-12(14)17-10/h2-6H,1H3,(H,15,16,17,18). The molecular weight excluding hydrogens is 273 g/mol. The van der Waals surface area contributed by atoms with Gasteiger partial charge in [0.05, 0.1) is 0 Å². The van der Waals surface area contributed by atoms with Crippen molar-refractivity contribution in [3.05, 3.63) is 51.9 Å². The van der Waals surface area contributed by atoms with Gasteiger partial charge in [0.15, 0.2) is 0 Å². The molecule has 0 aliphatic heterocycles. The van der Waals surface area contributed by atoms with Crippen LogP contribution in [0.2, 0.25) is 10.3 Å². The van der Waals surface area contributed by atoms with Gasteiger partial charge in [0.2, 0.25) is 5.28 Å². The summed E-state index contributed by atoms with van der Waals surface area (Å²) in [5, 5.41) is 3.33. The fourth-order valence-corrected chi connectivity index (χ4v) is 1.64. The average Bonchev–Trinajstić information content (AvgIpc) is 2.32. The second kappa shape index (κ2) is 5.33. The predicted molar refractivity (Wildman–Crippen MR) is 71.2 cm³/mol. The van der Waals surface area contributed by atoms with Crippen molar-refractivity contribution in [2.45, 2.75) is 6.92 Å². The summed E-state index contributed by atoms with van der Waals surface area (Å²) in [6, 6.07) is 6.60. The van der Waals surface area contributed by atoms with E-state index in [1.165, 1.54) is 6.20 Å². The Labute approximate surface area is 114 Å². The highest BCUT2D eigenvalue weighted by Crippen LogP contribution is 2.17. The molecule has 1 amide bonds. The summed E-state index contributed by atoms with van der Waals surface area (Å²) in [5.41, 5.74) is 1.34. The number of rotatable bonds is 2. The van der Waals surface area contributed by atoms with E-state index in [9.17, 15) is 4.79 Å². The first-order valence-electron chi connectivity index (χ1n) is 5.12. The summed E-state index contributed by atoms with van der Waals surface area (Å²) in [5.74, 6) is 0.0807. The van der Waals surface area contributed by atoms with Crippen LogP contribution in [0.1, 0.15) is 15.9 Å². The third-order valence-electron chi connectivity index (χ3n) is 2.29. The summed E-state index contributed by atoms with van der Waals surface area (Å²) < 4.78 is 0. The molecule has 0 aliphatic carbocycles. The Morgan fingerprint density at radius 1 is 1.28 bits per heavy atom. The molecular formula is C12H9Cl2N3O. The molecule has 1 heterocycles. The van der Waals surface area contributed by atoms with E-state index in [-0.39, 0.29) is 11.2 Å². The van der Waals surface area contributed by atoms with Gasteiger partial charge in [0.1, 0.15) is 5.82 Å². The van der Waals surface area contributed by atoms with E-state index in [2.05, 4.69) is 15.3 Å². The van der Waals surface area contributed by atoms with Gasteiger partial charge in [-0.3, -0.25) is 4.79 Å². The number of nitrogens with one attached hydrogen (secondary N) is 1. The Balaban J connectivity index is 2.19. The van der Waals surface area contributed by atoms with Crippen molar-refractivity contribution < 1.29 is 4.79 Å². The van der Waals surface area contributed by atoms with E-state index in [0.717, 1.165) is 5.56 Å². The van der Waals surface area contributed by atoms with E-state index < -0.39 is 0 Å². The van der Waals surface area contributed by atoms with Crippen molar-refractivity contribution in [1.82, 2.24) is 9.97 Å². The molecule has 2 aromatic rings.